The van der Waals surface area contributed by atoms with Crippen molar-refractivity contribution in [3.05, 3.63) is 34.9 Å². The smallest absolute Gasteiger partial charge is 0.225 e. The van der Waals surface area contributed by atoms with Crippen LogP contribution in [0.25, 0.3) is 0 Å². The highest BCUT2D eigenvalue weighted by molar-refractivity contribution is 6.31. The third-order valence-electron chi connectivity index (χ3n) is 5.44. The average Bonchev–Trinajstić information content (AvgIpc) is 2.69. The molecular weight excluding hydrogens is 366 g/mol. The lowest BCUT2D eigenvalue weighted by molar-refractivity contribution is -0.143. The van der Waals surface area contributed by atoms with Gasteiger partial charge in [0.1, 0.15) is 0 Å². The van der Waals surface area contributed by atoms with Crippen LogP contribution in [0.4, 0.5) is 0 Å². The Balaban J connectivity index is 1.69. The summed E-state index contributed by atoms with van der Waals surface area (Å²) in [5.41, 5.74) is 0.849. The Labute approximate surface area is 165 Å². The molecule has 2 heterocycles. The first-order valence-corrected chi connectivity index (χ1v) is 10.1. The molecule has 2 saturated heterocycles. The number of hydrogen-bond donors (Lipinski definition) is 1. The molecule has 2 atom stereocenters. The number of hydrogen-bond acceptors (Lipinski definition) is 4. The molecule has 0 bridgehead atoms. The van der Waals surface area contributed by atoms with E-state index in [1.54, 1.807) is 4.90 Å². The number of rotatable bonds is 6. The van der Waals surface area contributed by atoms with Gasteiger partial charge in [-0.2, -0.15) is 0 Å². The maximum atomic E-state index is 13.0. The number of amides is 2. The molecule has 0 spiro atoms. The standard InChI is InChI=1S/C20H28ClN3O3/c1-2-24-18(25)8-7-16(19(24)15-5-3-4-6-17(15)21)20(26)22-9-10-23-11-13-27-14-12-23/h3-6,16,19H,2,7-14H2,1H3,(H,22,26)/t16-,19+/m1/s1. The van der Waals surface area contributed by atoms with Gasteiger partial charge in [-0.3, -0.25) is 14.5 Å². The second kappa shape index (κ2) is 9.53. The van der Waals surface area contributed by atoms with Gasteiger partial charge in [-0.1, -0.05) is 29.8 Å². The maximum absolute atomic E-state index is 13.0. The van der Waals surface area contributed by atoms with Crippen LogP contribution in [0, 0.1) is 5.92 Å². The second-order valence-corrected chi connectivity index (χ2v) is 7.44. The van der Waals surface area contributed by atoms with Crippen molar-refractivity contribution in [1.29, 1.82) is 0 Å². The van der Waals surface area contributed by atoms with Crippen molar-refractivity contribution >= 4 is 23.4 Å². The molecule has 0 radical (unpaired) electrons. The van der Waals surface area contributed by atoms with E-state index in [1.807, 2.05) is 31.2 Å². The Bertz CT molecular complexity index is 664. The van der Waals surface area contributed by atoms with Crippen molar-refractivity contribution in [3.63, 3.8) is 0 Å². The fourth-order valence-electron chi connectivity index (χ4n) is 3.99. The zero-order valence-corrected chi connectivity index (χ0v) is 16.6. The molecule has 0 saturated carbocycles. The summed E-state index contributed by atoms with van der Waals surface area (Å²) in [6, 6.07) is 7.19. The first kappa shape index (κ1) is 20.1. The lowest BCUT2D eigenvalue weighted by Gasteiger charge is -2.40. The van der Waals surface area contributed by atoms with Crippen molar-refractivity contribution in [1.82, 2.24) is 15.1 Å². The SMILES string of the molecule is CCN1C(=O)CC[C@@H](C(=O)NCCN2CCOCC2)[C@@H]1c1ccccc1Cl. The highest BCUT2D eigenvalue weighted by atomic mass is 35.5. The van der Waals surface area contributed by atoms with E-state index in [0.717, 1.165) is 38.4 Å². The van der Waals surface area contributed by atoms with E-state index in [0.29, 0.717) is 31.0 Å². The van der Waals surface area contributed by atoms with Crippen molar-refractivity contribution in [2.24, 2.45) is 5.92 Å². The minimum atomic E-state index is -0.312. The molecule has 148 valence electrons. The van der Waals surface area contributed by atoms with Crippen LogP contribution in [0.15, 0.2) is 24.3 Å². The molecular formula is C20H28ClN3O3. The number of carbonyl (C=O) groups is 2. The normalized spacial score (nSPS) is 24.1. The summed E-state index contributed by atoms with van der Waals surface area (Å²) in [4.78, 5) is 29.5. The number of nitrogens with zero attached hydrogens (tertiary/aromatic N) is 2. The quantitative estimate of drug-likeness (QED) is 0.803. The summed E-state index contributed by atoms with van der Waals surface area (Å²) in [6.07, 6.45) is 0.949. The van der Waals surface area contributed by atoms with E-state index in [-0.39, 0.29) is 23.8 Å². The zero-order valence-electron chi connectivity index (χ0n) is 15.8. The largest absolute Gasteiger partial charge is 0.379 e. The molecule has 2 amide bonds. The number of carbonyl (C=O) groups excluding carboxylic acids is 2. The molecule has 0 aromatic heterocycles. The number of piperidine rings is 1. The highest BCUT2D eigenvalue weighted by Gasteiger charge is 2.40. The van der Waals surface area contributed by atoms with Gasteiger partial charge in [0.2, 0.25) is 11.8 Å². The fourth-order valence-corrected chi connectivity index (χ4v) is 4.24. The van der Waals surface area contributed by atoms with Crippen molar-refractivity contribution in [3.8, 4) is 0 Å². The van der Waals surface area contributed by atoms with Crippen LogP contribution in [-0.4, -0.2) is 67.6 Å². The monoisotopic (exact) mass is 393 g/mol. The van der Waals surface area contributed by atoms with E-state index in [2.05, 4.69) is 10.2 Å². The number of morpholine rings is 1. The van der Waals surface area contributed by atoms with E-state index in [1.165, 1.54) is 0 Å². The van der Waals surface area contributed by atoms with Gasteiger partial charge in [0.05, 0.1) is 25.2 Å². The lowest BCUT2D eigenvalue weighted by atomic mass is 9.83. The third-order valence-corrected chi connectivity index (χ3v) is 5.78. The van der Waals surface area contributed by atoms with Gasteiger partial charge in [0.25, 0.3) is 0 Å². The Morgan fingerprint density at radius 2 is 2.04 bits per heavy atom. The molecule has 27 heavy (non-hydrogen) atoms. The van der Waals surface area contributed by atoms with Gasteiger partial charge in [0.15, 0.2) is 0 Å². The van der Waals surface area contributed by atoms with Gasteiger partial charge < -0.3 is 15.0 Å². The van der Waals surface area contributed by atoms with Crippen molar-refractivity contribution < 1.29 is 14.3 Å². The van der Waals surface area contributed by atoms with Crippen LogP contribution >= 0.6 is 11.6 Å². The van der Waals surface area contributed by atoms with Crippen LogP contribution in [0.1, 0.15) is 31.4 Å². The van der Waals surface area contributed by atoms with Gasteiger partial charge in [0, 0.05) is 44.2 Å². The number of nitrogens with one attached hydrogen (secondary N) is 1. The maximum Gasteiger partial charge on any atom is 0.225 e. The molecule has 0 unspecified atom stereocenters. The third kappa shape index (κ3) is 4.81. The molecule has 7 heteroatoms. The van der Waals surface area contributed by atoms with E-state index >= 15 is 0 Å². The van der Waals surface area contributed by atoms with E-state index < -0.39 is 0 Å². The first-order valence-electron chi connectivity index (χ1n) is 9.73. The fraction of sp³-hybridized carbons (Fsp3) is 0.600. The van der Waals surface area contributed by atoms with Crippen LogP contribution in [-0.2, 0) is 14.3 Å². The number of ether oxygens (including phenoxy) is 1. The summed E-state index contributed by atoms with van der Waals surface area (Å²) in [7, 11) is 0. The summed E-state index contributed by atoms with van der Waals surface area (Å²) in [6.45, 7) is 7.23. The van der Waals surface area contributed by atoms with Gasteiger partial charge in [-0.25, -0.2) is 0 Å². The second-order valence-electron chi connectivity index (χ2n) is 7.04. The van der Waals surface area contributed by atoms with Crippen molar-refractivity contribution in [2.45, 2.75) is 25.8 Å². The molecule has 1 N–H and O–H groups in total. The lowest BCUT2D eigenvalue weighted by Crippen LogP contribution is -2.49. The minimum Gasteiger partial charge on any atom is -0.379 e. The van der Waals surface area contributed by atoms with Crippen LogP contribution in [0.5, 0.6) is 0 Å². The summed E-state index contributed by atoms with van der Waals surface area (Å²) >= 11 is 6.42. The number of halogens is 1. The van der Waals surface area contributed by atoms with Crippen LogP contribution in [0.2, 0.25) is 5.02 Å². The van der Waals surface area contributed by atoms with Gasteiger partial charge >= 0.3 is 0 Å². The Kier molecular flexibility index (Phi) is 7.10. The molecule has 2 aliphatic rings. The molecule has 6 nitrogen and oxygen atoms in total. The Morgan fingerprint density at radius 1 is 1.30 bits per heavy atom. The minimum absolute atomic E-state index is 0.000806. The predicted molar refractivity (Wildman–Crippen MR) is 105 cm³/mol. The molecule has 0 aliphatic carbocycles. The predicted octanol–water partition coefficient (Wildman–Crippen LogP) is 2.09. The van der Waals surface area contributed by atoms with E-state index in [4.69, 9.17) is 16.3 Å². The summed E-state index contributed by atoms with van der Waals surface area (Å²) in [5, 5.41) is 3.67. The highest BCUT2D eigenvalue weighted by Crippen LogP contribution is 2.39. The molecule has 2 aliphatic heterocycles. The summed E-state index contributed by atoms with van der Waals surface area (Å²) in [5.74, 6) is -0.203. The Morgan fingerprint density at radius 3 is 2.74 bits per heavy atom. The Hall–Kier alpha value is -1.63. The van der Waals surface area contributed by atoms with Gasteiger partial charge in [-0.15, -0.1) is 0 Å². The zero-order chi connectivity index (χ0) is 19.2. The molecule has 1 aromatic carbocycles. The summed E-state index contributed by atoms with van der Waals surface area (Å²) < 4.78 is 5.35. The number of likely N-dealkylation sites (tertiary alicyclic amines) is 1. The van der Waals surface area contributed by atoms with E-state index in [9.17, 15) is 9.59 Å². The average molecular weight is 394 g/mol. The first-order chi connectivity index (χ1) is 13.1. The van der Waals surface area contributed by atoms with Crippen LogP contribution < -0.4 is 5.32 Å². The van der Waals surface area contributed by atoms with Crippen LogP contribution in [0.3, 0.4) is 0 Å². The van der Waals surface area contributed by atoms with Crippen molar-refractivity contribution in [2.75, 3.05) is 45.9 Å². The molecule has 2 fully saturated rings. The topological polar surface area (TPSA) is 61.9 Å². The number of benzene rings is 1. The van der Waals surface area contributed by atoms with Gasteiger partial charge in [-0.05, 0) is 25.0 Å². The molecule has 3 rings (SSSR count). The molecule has 1 aromatic rings.